The van der Waals surface area contributed by atoms with Gasteiger partial charge in [0, 0.05) is 36.6 Å². The number of halogens is 1. The van der Waals surface area contributed by atoms with Crippen molar-refractivity contribution in [3.05, 3.63) is 65.5 Å². The number of carbonyl (C=O) groups is 1. The first-order chi connectivity index (χ1) is 13.2. The van der Waals surface area contributed by atoms with Crippen molar-refractivity contribution in [2.75, 3.05) is 13.2 Å². The number of nitrogens with one attached hydrogen (secondary N) is 1. The van der Waals surface area contributed by atoms with Crippen molar-refractivity contribution in [3.8, 4) is 11.3 Å². The highest BCUT2D eigenvalue weighted by Crippen LogP contribution is 2.22. The molecule has 0 aliphatic rings. The Labute approximate surface area is 162 Å². The van der Waals surface area contributed by atoms with Crippen molar-refractivity contribution < 1.29 is 18.4 Å². The van der Waals surface area contributed by atoms with Gasteiger partial charge >= 0.3 is 0 Å². The standard InChI is InChI=1S/C20H21ClN2O4/c21-16-6-4-15(5-7-16)18-13-23-20(27-18)9-8-19(24)22-10-2-11-25-14-17-3-1-12-26-17/h1,3-7,12-13H,2,8-11,14H2,(H,22,24). The van der Waals surface area contributed by atoms with E-state index in [9.17, 15) is 4.79 Å². The smallest absolute Gasteiger partial charge is 0.220 e. The normalized spacial score (nSPS) is 10.9. The molecule has 1 aromatic carbocycles. The first-order valence-corrected chi connectivity index (χ1v) is 9.16. The highest BCUT2D eigenvalue weighted by atomic mass is 35.5. The predicted octanol–water partition coefficient (Wildman–Crippen LogP) is 4.24. The van der Waals surface area contributed by atoms with Crippen LogP contribution in [0.1, 0.15) is 24.5 Å². The summed E-state index contributed by atoms with van der Waals surface area (Å²) in [6.45, 7) is 1.57. The van der Waals surface area contributed by atoms with E-state index in [0.717, 1.165) is 17.7 Å². The first-order valence-electron chi connectivity index (χ1n) is 8.78. The number of carbonyl (C=O) groups excluding carboxylic acids is 1. The fourth-order valence-electron chi connectivity index (χ4n) is 2.45. The lowest BCUT2D eigenvalue weighted by molar-refractivity contribution is -0.121. The monoisotopic (exact) mass is 388 g/mol. The van der Waals surface area contributed by atoms with E-state index >= 15 is 0 Å². The molecule has 2 heterocycles. The Morgan fingerprint density at radius 3 is 2.85 bits per heavy atom. The van der Waals surface area contributed by atoms with Crippen molar-refractivity contribution in [1.82, 2.24) is 10.3 Å². The third-order valence-electron chi connectivity index (χ3n) is 3.86. The van der Waals surface area contributed by atoms with E-state index in [1.807, 2.05) is 24.3 Å². The molecule has 0 saturated carbocycles. The molecular formula is C20H21ClN2O4. The van der Waals surface area contributed by atoms with Gasteiger partial charge in [0.2, 0.25) is 5.91 Å². The number of ether oxygens (including phenoxy) is 1. The Hall–Kier alpha value is -2.57. The molecule has 6 nitrogen and oxygen atoms in total. The van der Waals surface area contributed by atoms with Crippen LogP contribution >= 0.6 is 11.6 Å². The van der Waals surface area contributed by atoms with Gasteiger partial charge in [-0.15, -0.1) is 0 Å². The summed E-state index contributed by atoms with van der Waals surface area (Å²) < 4.78 is 16.3. The number of aromatic nitrogens is 1. The number of hydrogen-bond donors (Lipinski definition) is 1. The van der Waals surface area contributed by atoms with Crippen LogP contribution in [0.3, 0.4) is 0 Å². The third kappa shape index (κ3) is 6.27. The average Bonchev–Trinajstić information content (AvgIpc) is 3.35. The van der Waals surface area contributed by atoms with Gasteiger partial charge in [-0.1, -0.05) is 11.6 Å². The zero-order chi connectivity index (χ0) is 18.9. The number of nitrogens with zero attached hydrogens (tertiary/aromatic N) is 1. The van der Waals surface area contributed by atoms with Crippen molar-refractivity contribution in [1.29, 1.82) is 0 Å². The molecule has 3 aromatic rings. The minimum Gasteiger partial charge on any atom is -0.467 e. The van der Waals surface area contributed by atoms with Crippen molar-refractivity contribution in [2.45, 2.75) is 25.9 Å². The van der Waals surface area contributed by atoms with Crippen LogP contribution in [0.15, 0.2) is 57.7 Å². The van der Waals surface area contributed by atoms with Gasteiger partial charge < -0.3 is 18.9 Å². The fourth-order valence-corrected chi connectivity index (χ4v) is 2.58. The maximum atomic E-state index is 11.9. The summed E-state index contributed by atoms with van der Waals surface area (Å²) in [5.74, 6) is 1.96. The lowest BCUT2D eigenvalue weighted by Crippen LogP contribution is -2.25. The second-order valence-corrected chi connectivity index (χ2v) is 6.40. The fraction of sp³-hybridized carbons (Fsp3) is 0.300. The van der Waals surface area contributed by atoms with Crippen LogP contribution in [-0.4, -0.2) is 24.0 Å². The molecule has 0 fully saturated rings. The van der Waals surface area contributed by atoms with Crippen LogP contribution < -0.4 is 5.32 Å². The van der Waals surface area contributed by atoms with E-state index in [1.54, 1.807) is 24.6 Å². The molecule has 3 rings (SSSR count). The van der Waals surface area contributed by atoms with Crippen LogP contribution in [-0.2, 0) is 22.6 Å². The van der Waals surface area contributed by atoms with Crippen molar-refractivity contribution in [3.63, 3.8) is 0 Å². The second kappa shape index (κ2) is 9.94. The van der Waals surface area contributed by atoms with Crippen LogP contribution in [0.25, 0.3) is 11.3 Å². The van der Waals surface area contributed by atoms with E-state index < -0.39 is 0 Å². The topological polar surface area (TPSA) is 77.5 Å². The number of benzene rings is 1. The Bertz CT molecular complexity index is 828. The second-order valence-electron chi connectivity index (χ2n) is 5.96. The number of amides is 1. The lowest BCUT2D eigenvalue weighted by Gasteiger charge is -2.05. The maximum Gasteiger partial charge on any atom is 0.220 e. The Balaban J connectivity index is 1.30. The third-order valence-corrected chi connectivity index (χ3v) is 4.11. The average molecular weight is 389 g/mol. The zero-order valence-corrected chi connectivity index (χ0v) is 15.6. The molecule has 0 bridgehead atoms. The SMILES string of the molecule is O=C(CCc1ncc(-c2ccc(Cl)cc2)o1)NCCCOCc1ccco1. The largest absolute Gasteiger partial charge is 0.467 e. The van der Waals surface area contributed by atoms with Gasteiger partial charge in [0.1, 0.15) is 12.4 Å². The lowest BCUT2D eigenvalue weighted by atomic mass is 10.2. The number of hydrogen-bond acceptors (Lipinski definition) is 5. The van der Waals surface area contributed by atoms with E-state index in [4.69, 9.17) is 25.2 Å². The summed E-state index contributed by atoms with van der Waals surface area (Å²) in [5, 5.41) is 3.53. The summed E-state index contributed by atoms with van der Waals surface area (Å²) in [5.41, 5.74) is 0.900. The van der Waals surface area contributed by atoms with Gasteiger partial charge in [0.05, 0.1) is 12.5 Å². The molecule has 0 aliphatic carbocycles. The summed E-state index contributed by atoms with van der Waals surface area (Å²) in [6, 6.07) is 11.0. The van der Waals surface area contributed by atoms with Gasteiger partial charge in [0.15, 0.2) is 11.7 Å². The first kappa shape index (κ1) is 19.2. The summed E-state index contributed by atoms with van der Waals surface area (Å²) >= 11 is 5.88. The quantitative estimate of drug-likeness (QED) is 0.525. The summed E-state index contributed by atoms with van der Waals surface area (Å²) in [7, 11) is 0. The van der Waals surface area contributed by atoms with E-state index in [1.165, 1.54) is 0 Å². The molecule has 7 heteroatoms. The molecule has 0 radical (unpaired) electrons. The van der Waals surface area contributed by atoms with E-state index in [2.05, 4.69) is 10.3 Å². The van der Waals surface area contributed by atoms with Crippen molar-refractivity contribution >= 4 is 17.5 Å². The van der Waals surface area contributed by atoms with Gasteiger partial charge in [-0.2, -0.15) is 0 Å². The maximum absolute atomic E-state index is 11.9. The number of oxazole rings is 1. The van der Waals surface area contributed by atoms with Gasteiger partial charge in [-0.25, -0.2) is 4.98 Å². The molecule has 142 valence electrons. The summed E-state index contributed by atoms with van der Waals surface area (Å²) in [6.07, 6.45) is 4.80. The number of furan rings is 1. The molecule has 27 heavy (non-hydrogen) atoms. The minimum absolute atomic E-state index is 0.0349. The van der Waals surface area contributed by atoms with Crippen LogP contribution in [0, 0.1) is 0 Å². The predicted molar refractivity (Wildman–Crippen MR) is 101 cm³/mol. The van der Waals surface area contributed by atoms with Crippen LogP contribution in [0.2, 0.25) is 5.02 Å². The number of aryl methyl sites for hydroxylation is 1. The Morgan fingerprint density at radius 2 is 2.07 bits per heavy atom. The molecule has 1 amide bonds. The molecule has 0 unspecified atom stereocenters. The number of rotatable bonds is 10. The molecule has 0 saturated heterocycles. The molecule has 2 aromatic heterocycles. The summed E-state index contributed by atoms with van der Waals surface area (Å²) in [4.78, 5) is 16.1. The zero-order valence-electron chi connectivity index (χ0n) is 14.8. The molecule has 0 aliphatic heterocycles. The van der Waals surface area contributed by atoms with Gasteiger partial charge in [-0.05, 0) is 42.8 Å². The molecule has 1 N–H and O–H groups in total. The van der Waals surface area contributed by atoms with Gasteiger partial charge in [-0.3, -0.25) is 4.79 Å². The van der Waals surface area contributed by atoms with Crippen LogP contribution in [0.5, 0.6) is 0 Å². The minimum atomic E-state index is -0.0349. The van der Waals surface area contributed by atoms with E-state index in [-0.39, 0.29) is 5.91 Å². The van der Waals surface area contributed by atoms with Crippen molar-refractivity contribution in [2.24, 2.45) is 0 Å². The Morgan fingerprint density at radius 1 is 1.22 bits per heavy atom. The molecular weight excluding hydrogens is 368 g/mol. The highest BCUT2D eigenvalue weighted by molar-refractivity contribution is 6.30. The van der Waals surface area contributed by atoms with Gasteiger partial charge in [0.25, 0.3) is 0 Å². The highest BCUT2D eigenvalue weighted by Gasteiger charge is 2.09. The molecule has 0 spiro atoms. The van der Waals surface area contributed by atoms with E-state index in [0.29, 0.717) is 49.3 Å². The van der Waals surface area contributed by atoms with Crippen LogP contribution in [0.4, 0.5) is 0 Å². The molecule has 0 atom stereocenters. The Kier molecular flexibility index (Phi) is 7.07.